The Labute approximate surface area is 136 Å². The standard InChI is InChI=1S/C18H23N3O2/c1-20-10-8-16(18(20)22)21-11-6-13(7-12-21)23-17-4-2-3-15-14(17)5-9-19-15/h2-5,9,13,16,19H,6-8,10-12H2,1H3. The van der Waals surface area contributed by atoms with Crippen LogP contribution in [0, 0.1) is 0 Å². The van der Waals surface area contributed by atoms with Gasteiger partial charge in [-0.15, -0.1) is 0 Å². The summed E-state index contributed by atoms with van der Waals surface area (Å²) in [6.45, 7) is 2.77. The quantitative estimate of drug-likeness (QED) is 0.945. The van der Waals surface area contributed by atoms with Crippen molar-refractivity contribution in [3.8, 4) is 5.75 Å². The molecule has 2 fully saturated rings. The molecule has 3 heterocycles. The van der Waals surface area contributed by atoms with E-state index in [1.165, 1.54) is 0 Å². The number of nitrogens with zero attached hydrogens (tertiary/aromatic N) is 2. The average molecular weight is 313 g/mol. The van der Waals surface area contributed by atoms with Crippen molar-refractivity contribution < 1.29 is 9.53 Å². The summed E-state index contributed by atoms with van der Waals surface area (Å²) >= 11 is 0. The smallest absolute Gasteiger partial charge is 0.239 e. The second-order valence-corrected chi connectivity index (χ2v) is 6.61. The highest BCUT2D eigenvalue weighted by molar-refractivity contribution is 5.85. The highest BCUT2D eigenvalue weighted by atomic mass is 16.5. The van der Waals surface area contributed by atoms with Crippen molar-refractivity contribution >= 4 is 16.8 Å². The van der Waals surface area contributed by atoms with E-state index in [4.69, 9.17) is 4.74 Å². The molecule has 1 atom stereocenters. The summed E-state index contributed by atoms with van der Waals surface area (Å²) in [5, 5.41) is 1.14. The summed E-state index contributed by atoms with van der Waals surface area (Å²) in [5.74, 6) is 1.24. The lowest BCUT2D eigenvalue weighted by Crippen LogP contribution is -2.47. The van der Waals surface area contributed by atoms with Crippen LogP contribution >= 0.6 is 0 Å². The van der Waals surface area contributed by atoms with Crippen LogP contribution in [0.1, 0.15) is 19.3 Å². The van der Waals surface area contributed by atoms with Crippen molar-refractivity contribution in [2.45, 2.75) is 31.4 Å². The zero-order valence-electron chi connectivity index (χ0n) is 13.5. The normalized spacial score (nSPS) is 23.8. The first-order valence-electron chi connectivity index (χ1n) is 8.44. The molecule has 1 unspecified atom stereocenters. The molecule has 1 amide bonds. The minimum absolute atomic E-state index is 0.0917. The number of hydrogen-bond donors (Lipinski definition) is 1. The lowest BCUT2D eigenvalue weighted by molar-refractivity contribution is -0.131. The molecule has 2 aliphatic heterocycles. The van der Waals surface area contributed by atoms with E-state index in [1.54, 1.807) is 0 Å². The monoisotopic (exact) mass is 313 g/mol. The number of amides is 1. The lowest BCUT2D eigenvalue weighted by Gasteiger charge is -2.35. The summed E-state index contributed by atoms with van der Waals surface area (Å²) in [7, 11) is 1.90. The number of nitrogens with one attached hydrogen (secondary N) is 1. The fourth-order valence-electron chi connectivity index (χ4n) is 3.79. The number of likely N-dealkylation sites (N-methyl/N-ethyl adjacent to an activating group) is 1. The van der Waals surface area contributed by atoms with Gasteiger partial charge >= 0.3 is 0 Å². The highest BCUT2D eigenvalue weighted by Crippen LogP contribution is 2.28. The summed E-state index contributed by atoms with van der Waals surface area (Å²) in [6, 6.07) is 8.28. The zero-order chi connectivity index (χ0) is 15.8. The Bertz CT molecular complexity index is 703. The van der Waals surface area contributed by atoms with E-state index >= 15 is 0 Å². The van der Waals surface area contributed by atoms with E-state index in [2.05, 4.69) is 22.0 Å². The van der Waals surface area contributed by atoms with Crippen LogP contribution in [0.4, 0.5) is 0 Å². The Balaban J connectivity index is 1.38. The van der Waals surface area contributed by atoms with Gasteiger partial charge in [-0.05, 0) is 37.5 Å². The number of H-pyrrole nitrogens is 1. The number of aromatic nitrogens is 1. The van der Waals surface area contributed by atoms with E-state index in [-0.39, 0.29) is 18.1 Å². The third-order valence-electron chi connectivity index (χ3n) is 5.17. The second-order valence-electron chi connectivity index (χ2n) is 6.61. The van der Waals surface area contributed by atoms with Crippen LogP contribution in [0.15, 0.2) is 30.5 Å². The van der Waals surface area contributed by atoms with Crippen molar-refractivity contribution in [1.82, 2.24) is 14.8 Å². The second kappa shape index (κ2) is 5.89. The van der Waals surface area contributed by atoms with Crippen molar-refractivity contribution in [2.75, 3.05) is 26.7 Å². The highest BCUT2D eigenvalue weighted by Gasteiger charge is 2.36. The van der Waals surface area contributed by atoms with Gasteiger partial charge in [0.25, 0.3) is 0 Å². The Morgan fingerprint density at radius 2 is 1.96 bits per heavy atom. The molecule has 122 valence electrons. The van der Waals surface area contributed by atoms with Gasteiger partial charge in [0.2, 0.25) is 5.91 Å². The first-order valence-corrected chi connectivity index (χ1v) is 8.44. The van der Waals surface area contributed by atoms with Crippen LogP contribution in [0.5, 0.6) is 5.75 Å². The molecule has 5 nitrogen and oxygen atoms in total. The zero-order valence-corrected chi connectivity index (χ0v) is 13.5. The maximum absolute atomic E-state index is 12.1. The van der Waals surface area contributed by atoms with Gasteiger partial charge in [-0.3, -0.25) is 9.69 Å². The predicted octanol–water partition coefficient (Wildman–Crippen LogP) is 2.24. The van der Waals surface area contributed by atoms with Gasteiger partial charge in [0.05, 0.1) is 6.04 Å². The Morgan fingerprint density at radius 3 is 2.70 bits per heavy atom. The van der Waals surface area contributed by atoms with Gasteiger partial charge in [-0.2, -0.15) is 0 Å². The molecule has 0 aliphatic carbocycles. The van der Waals surface area contributed by atoms with E-state index < -0.39 is 0 Å². The Kier molecular flexibility index (Phi) is 3.73. The molecular weight excluding hydrogens is 290 g/mol. The molecule has 0 bridgehead atoms. The summed E-state index contributed by atoms with van der Waals surface area (Å²) < 4.78 is 6.24. The number of fused-ring (bicyclic) bond motifs is 1. The van der Waals surface area contributed by atoms with Crippen LogP contribution in [-0.4, -0.2) is 59.5 Å². The molecular formula is C18H23N3O2. The molecule has 1 aromatic carbocycles. The SMILES string of the molecule is CN1CCC(N2CCC(Oc3cccc4[nH]ccc34)CC2)C1=O. The summed E-state index contributed by atoms with van der Waals surface area (Å²) in [4.78, 5) is 19.5. The van der Waals surface area contributed by atoms with Crippen molar-refractivity contribution in [3.63, 3.8) is 0 Å². The molecule has 0 spiro atoms. The maximum Gasteiger partial charge on any atom is 0.239 e. The molecule has 0 saturated carbocycles. The number of aromatic amines is 1. The number of carbonyl (C=O) groups is 1. The fourth-order valence-corrected chi connectivity index (χ4v) is 3.79. The molecule has 4 rings (SSSR count). The molecule has 1 N–H and O–H groups in total. The van der Waals surface area contributed by atoms with Crippen molar-refractivity contribution in [2.24, 2.45) is 0 Å². The van der Waals surface area contributed by atoms with E-state index in [1.807, 2.05) is 30.3 Å². The Morgan fingerprint density at radius 1 is 1.13 bits per heavy atom. The largest absolute Gasteiger partial charge is 0.490 e. The van der Waals surface area contributed by atoms with Gasteiger partial charge in [0.1, 0.15) is 11.9 Å². The molecule has 23 heavy (non-hydrogen) atoms. The molecule has 1 aromatic heterocycles. The third kappa shape index (κ3) is 2.70. The van der Waals surface area contributed by atoms with E-state index in [0.717, 1.165) is 55.5 Å². The molecule has 0 radical (unpaired) electrons. The Hall–Kier alpha value is -2.01. The van der Waals surface area contributed by atoms with Gasteiger partial charge in [-0.1, -0.05) is 6.07 Å². The predicted molar refractivity (Wildman–Crippen MR) is 89.6 cm³/mol. The van der Waals surface area contributed by atoms with Crippen LogP contribution in [0.25, 0.3) is 10.9 Å². The van der Waals surface area contributed by atoms with Gasteiger partial charge in [-0.25, -0.2) is 0 Å². The molecule has 2 aliphatic rings. The minimum Gasteiger partial charge on any atom is -0.490 e. The average Bonchev–Trinajstić information content (AvgIpc) is 3.17. The first-order chi connectivity index (χ1) is 11.2. The third-order valence-corrected chi connectivity index (χ3v) is 5.17. The van der Waals surface area contributed by atoms with Crippen molar-refractivity contribution in [3.05, 3.63) is 30.5 Å². The number of ether oxygens (including phenoxy) is 1. The summed E-state index contributed by atoms with van der Waals surface area (Å²) in [6.07, 6.45) is 5.11. The number of hydrogen-bond acceptors (Lipinski definition) is 3. The topological polar surface area (TPSA) is 48.6 Å². The van der Waals surface area contributed by atoms with E-state index in [0.29, 0.717) is 0 Å². The van der Waals surface area contributed by atoms with Crippen LogP contribution in [-0.2, 0) is 4.79 Å². The minimum atomic E-state index is 0.0917. The number of likely N-dealkylation sites (tertiary alicyclic amines) is 2. The van der Waals surface area contributed by atoms with Crippen LogP contribution < -0.4 is 4.74 Å². The molecule has 2 saturated heterocycles. The number of rotatable bonds is 3. The number of piperidine rings is 1. The van der Waals surface area contributed by atoms with Gasteiger partial charge in [0.15, 0.2) is 0 Å². The lowest BCUT2D eigenvalue weighted by atomic mass is 10.0. The van der Waals surface area contributed by atoms with Crippen LogP contribution in [0.3, 0.4) is 0 Å². The van der Waals surface area contributed by atoms with Crippen molar-refractivity contribution in [1.29, 1.82) is 0 Å². The molecule has 2 aromatic rings. The van der Waals surface area contributed by atoms with Gasteiger partial charge in [0, 0.05) is 43.8 Å². The van der Waals surface area contributed by atoms with E-state index in [9.17, 15) is 4.79 Å². The maximum atomic E-state index is 12.1. The first kappa shape index (κ1) is 14.6. The number of carbonyl (C=O) groups excluding carboxylic acids is 1. The van der Waals surface area contributed by atoms with Gasteiger partial charge < -0.3 is 14.6 Å². The van der Waals surface area contributed by atoms with Crippen LogP contribution in [0.2, 0.25) is 0 Å². The molecule has 5 heteroatoms. The number of benzene rings is 1. The summed E-state index contributed by atoms with van der Waals surface area (Å²) in [5.41, 5.74) is 1.11. The fraction of sp³-hybridized carbons (Fsp3) is 0.500.